The first kappa shape index (κ1) is 9.26. The van der Waals surface area contributed by atoms with Gasteiger partial charge in [-0.1, -0.05) is 0 Å². The highest BCUT2D eigenvalue weighted by Crippen LogP contribution is 2.03. The zero-order chi connectivity index (χ0) is 9.68. The van der Waals surface area contributed by atoms with E-state index < -0.39 is 12.0 Å². The van der Waals surface area contributed by atoms with Gasteiger partial charge in [-0.15, -0.1) is 0 Å². The largest absolute Gasteiger partial charge is 0.463 e. The molecule has 0 fully saturated rings. The number of H-pyrrole nitrogens is 1. The number of esters is 1. The van der Waals surface area contributed by atoms with Crippen LogP contribution in [0.1, 0.15) is 5.69 Å². The van der Waals surface area contributed by atoms with Crippen molar-refractivity contribution in [1.29, 1.82) is 0 Å². The summed E-state index contributed by atoms with van der Waals surface area (Å²) >= 11 is 0. The topological polar surface area (TPSA) is 59.3 Å². The third kappa shape index (κ3) is 2.30. The Morgan fingerprint density at radius 1 is 1.92 bits per heavy atom. The van der Waals surface area contributed by atoms with E-state index >= 15 is 0 Å². The second-order valence-corrected chi connectivity index (χ2v) is 2.43. The molecule has 0 aliphatic carbocycles. The van der Waals surface area contributed by atoms with Gasteiger partial charge in [0, 0.05) is 6.20 Å². The average Bonchev–Trinajstić information content (AvgIpc) is 2.65. The van der Waals surface area contributed by atoms with Gasteiger partial charge in [0.05, 0.1) is 25.6 Å². The van der Waals surface area contributed by atoms with Crippen LogP contribution in [-0.2, 0) is 16.0 Å². The number of aromatic nitrogens is 2. The summed E-state index contributed by atoms with van der Waals surface area (Å²) in [6.45, 7) is 6.78. The Labute approximate surface area is 75.6 Å². The van der Waals surface area contributed by atoms with Crippen LogP contribution in [0.5, 0.6) is 0 Å². The summed E-state index contributed by atoms with van der Waals surface area (Å²) in [4.78, 5) is 20.8. The van der Waals surface area contributed by atoms with E-state index in [1.807, 2.05) is 0 Å². The first-order valence-corrected chi connectivity index (χ1v) is 3.70. The van der Waals surface area contributed by atoms with Gasteiger partial charge in [0.1, 0.15) is 0 Å². The SMILES string of the molecule is [C-]#[N+]C(Cc1c[nH]cn1)C(=O)OC. The molecule has 5 nitrogen and oxygen atoms in total. The van der Waals surface area contributed by atoms with E-state index in [1.165, 1.54) is 13.4 Å². The van der Waals surface area contributed by atoms with E-state index in [4.69, 9.17) is 6.57 Å². The summed E-state index contributed by atoms with van der Waals surface area (Å²) in [5.41, 5.74) is 0.686. The summed E-state index contributed by atoms with van der Waals surface area (Å²) in [6, 6.07) is -0.784. The van der Waals surface area contributed by atoms with Crippen molar-refractivity contribution in [2.45, 2.75) is 12.5 Å². The van der Waals surface area contributed by atoms with Gasteiger partial charge in [-0.3, -0.25) is 0 Å². The Morgan fingerprint density at radius 3 is 3.15 bits per heavy atom. The molecule has 1 atom stereocenters. The number of aromatic amines is 1. The minimum atomic E-state index is -0.784. The number of hydrogen-bond donors (Lipinski definition) is 1. The number of rotatable bonds is 3. The van der Waals surface area contributed by atoms with E-state index in [1.54, 1.807) is 6.20 Å². The minimum Gasteiger partial charge on any atom is -0.463 e. The fourth-order valence-corrected chi connectivity index (χ4v) is 0.918. The standard InChI is InChI=1S/C8H9N3O2/c1-9-7(8(12)13-2)3-6-4-10-5-11-6/h4-5,7H,3H2,2H3,(H,10,11). The number of methoxy groups -OCH3 is 1. The quantitative estimate of drug-likeness (QED) is 0.540. The van der Waals surface area contributed by atoms with Crippen LogP contribution in [0.2, 0.25) is 0 Å². The highest BCUT2D eigenvalue weighted by molar-refractivity contribution is 5.77. The number of imidazole rings is 1. The molecule has 1 aromatic heterocycles. The summed E-state index contributed by atoms with van der Waals surface area (Å²) in [6.07, 6.45) is 3.45. The lowest BCUT2D eigenvalue weighted by Crippen LogP contribution is -2.21. The first-order chi connectivity index (χ1) is 6.27. The summed E-state index contributed by atoms with van der Waals surface area (Å²) in [5, 5.41) is 0. The van der Waals surface area contributed by atoms with Crippen LogP contribution < -0.4 is 0 Å². The van der Waals surface area contributed by atoms with Crippen LogP contribution in [0.4, 0.5) is 0 Å². The molecule has 1 unspecified atom stereocenters. The van der Waals surface area contributed by atoms with Crippen LogP contribution in [0.15, 0.2) is 12.5 Å². The van der Waals surface area contributed by atoms with Gasteiger partial charge in [0.15, 0.2) is 0 Å². The van der Waals surface area contributed by atoms with Crippen LogP contribution in [0.3, 0.4) is 0 Å². The van der Waals surface area contributed by atoms with Crippen molar-refractivity contribution in [2.75, 3.05) is 7.11 Å². The van der Waals surface area contributed by atoms with Crippen molar-refractivity contribution in [2.24, 2.45) is 0 Å². The number of ether oxygens (including phenoxy) is 1. The number of nitrogens with one attached hydrogen (secondary N) is 1. The zero-order valence-corrected chi connectivity index (χ0v) is 7.15. The Hall–Kier alpha value is -1.83. The molecular formula is C8H9N3O2. The average molecular weight is 179 g/mol. The molecule has 0 amide bonds. The van der Waals surface area contributed by atoms with Crippen molar-refractivity contribution >= 4 is 5.97 Å². The van der Waals surface area contributed by atoms with Crippen molar-refractivity contribution in [3.63, 3.8) is 0 Å². The molecule has 0 aromatic carbocycles. The molecule has 1 rings (SSSR count). The monoisotopic (exact) mass is 179 g/mol. The molecule has 5 heteroatoms. The molecular weight excluding hydrogens is 170 g/mol. The maximum atomic E-state index is 11.0. The maximum Gasteiger partial charge on any atom is 0.390 e. The van der Waals surface area contributed by atoms with Gasteiger partial charge in [-0.2, -0.15) is 0 Å². The lowest BCUT2D eigenvalue weighted by Gasteiger charge is -2.00. The lowest BCUT2D eigenvalue weighted by molar-refractivity contribution is -0.141. The first-order valence-electron chi connectivity index (χ1n) is 3.70. The van der Waals surface area contributed by atoms with Crippen molar-refractivity contribution < 1.29 is 9.53 Å². The highest BCUT2D eigenvalue weighted by atomic mass is 16.5. The Balaban J connectivity index is 2.61. The molecule has 0 saturated heterocycles. The van der Waals surface area contributed by atoms with Crippen molar-refractivity contribution in [3.05, 3.63) is 29.6 Å². The lowest BCUT2D eigenvalue weighted by atomic mass is 10.2. The summed E-state index contributed by atoms with van der Waals surface area (Å²) < 4.78 is 4.46. The minimum absolute atomic E-state index is 0.291. The predicted molar refractivity (Wildman–Crippen MR) is 44.7 cm³/mol. The second-order valence-electron chi connectivity index (χ2n) is 2.43. The summed E-state index contributed by atoms with van der Waals surface area (Å²) in [5.74, 6) is -0.516. The van der Waals surface area contributed by atoms with Crippen LogP contribution in [-0.4, -0.2) is 29.1 Å². The molecule has 68 valence electrons. The molecule has 1 aromatic rings. The second kappa shape index (κ2) is 4.26. The van der Waals surface area contributed by atoms with Crippen LogP contribution >= 0.6 is 0 Å². The molecule has 0 bridgehead atoms. The molecule has 0 saturated carbocycles. The molecule has 0 aliphatic rings. The number of nitrogens with zero attached hydrogens (tertiary/aromatic N) is 2. The van der Waals surface area contributed by atoms with E-state index in [-0.39, 0.29) is 0 Å². The fourth-order valence-electron chi connectivity index (χ4n) is 0.918. The normalized spacial score (nSPS) is 11.7. The highest BCUT2D eigenvalue weighted by Gasteiger charge is 2.25. The smallest absolute Gasteiger partial charge is 0.390 e. The fraction of sp³-hybridized carbons (Fsp3) is 0.375. The molecule has 0 radical (unpaired) electrons. The van der Waals surface area contributed by atoms with E-state index in [9.17, 15) is 4.79 Å². The number of carbonyl (C=O) groups excluding carboxylic acids is 1. The molecule has 0 aliphatic heterocycles. The predicted octanol–water partition coefficient (Wildman–Crippen LogP) is 0.413. The maximum absolute atomic E-state index is 11.0. The Bertz CT molecular complexity index is 313. The molecule has 1 heterocycles. The van der Waals surface area contributed by atoms with Gasteiger partial charge >= 0.3 is 12.0 Å². The van der Waals surface area contributed by atoms with E-state index in [0.717, 1.165) is 0 Å². The van der Waals surface area contributed by atoms with Gasteiger partial charge < -0.3 is 14.6 Å². The van der Waals surface area contributed by atoms with Crippen molar-refractivity contribution in [3.8, 4) is 0 Å². The van der Waals surface area contributed by atoms with Crippen molar-refractivity contribution in [1.82, 2.24) is 9.97 Å². The molecule has 0 spiro atoms. The van der Waals surface area contributed by atoms with Crippen LogP contribution in [0, 0.1) is 6.57 Å². The third-order valence-electron chi connectivity index (χ3n) is 1.59. The van der Waals surface area contributed by atoms with Gasteiger partial charge in [-0.05, 0) is 0 Å². The molecule has 1 N–H and O–H groups in total. The Kier molecular flexibility index (Phi) is 3.03. The van der Waals surface area contributed by atoms with E-state index in [0.29, 0.717) is 12.1 Å². The number of hydrogen-bond acceptors (Lipinski definition) is 3. The molecule has 13 heavy (non-hydrogen) atoms. The van der Waals surface area contributed by atoms with E-state index in [2.05, 4.69) is 19.5 Å². The van der Waals surface area contributed by atoms with Crippen LogP contribution in [0.25, 0.3) is 4.85 Å². The van der Waals surface area contributed by atoms with Gasteiger partial charge in [0.25, 0.3) is 0 Å². The Morgan fingerprint density at radius 2 is 2.69 bits per heavy atom. The number of carbonyl (C=O) groups is 1. The van der Waals surface area contributed by atoms with Gasteiger partial charge in [0.2, 0.25) is 0 Å². The third-order valence-corrected chi connectivity index (χ3v) is 1.59. The summed E-state index contributed by atoms with van der Waals surface area (Å²) in [7, 11) is 1.27. The zero-order valence-electron chi connectivity index (χ0n) is 7.15. The van der Waals surface area contributed by atoms with Gasteiger partial charge in [-0.25, -0.2) is 16.4 Å².